The van der Waals surface area contributed by atoms with Crippen LogP contribution in [0.2, 0.25) is 0 Å². The first-order valence-corrected chi connectivity index (χ1v) is 7.74. The Kier molecular flexibility index (Phi) is 9.84. The smallest absolute Gasteiger partial charge is 0.322 e. The number of aliphatic carboxylic acids is 1. The summed E-state index contributed by atoms with van der Waals surface area (Å²) >= 11 is 0. The molecule has 0 spiro atoms. The van der Waals surface area contributed by atoms with Gasteiger partial charge in [-0.05, 0) is 5.92 Å². The highest BCUT2D eigenvalue weighted by atomic mass is 16.4. The van der Waals surface area contributed by atoms with E-state index in [1.54, 1.807) is 13.8 Å². The van der Waals surface area contributed by atoms with Crippen LogP contribution in [0.1, 0.15) is 20.3 Å². The largest absolute Gasteiger partial charge is 0.480 e. The van der Waals surface area contributed by atoms with E-state index < -0.39 is 73.2 Å². The highest BCUT2D eigenvalue weighted by molar-refractivity contribution is 5.95. The number of carbonyl (C=O) groups excluding carboxylic acids is 4. The number of nitrogens with one attached hydrogen (secondary N) is 3. The minimum Gasteiger partial charge on any atom is -0.480 e. The summed E-state index contributed by atoms with van der Waals surface area (Å²) in [5.74, 6) is -5.11. The van der Waals surface area contributed by atoms with E-state index in [4.69, 9.17) is 21.7 Å². The molecule has 12 heteroatoms. The van der Waals surface area contributed by atoms with Crippen molar-refractivity contribution in [1.82, 2.24) is 16.0 Å². The Bertz CT molecular complexity index is 552. The number of hydrogen-bond donors (Lipinski definition) is 7. The molecule has 0 aromatic carbocycles. The number of carboxylic acid groups (broad SMARTS) is 1. The molecule has 0 rings (SSSR count). The molecule has 3 atom stereocenters. The molecule has 0 bridgehead atoms. The Labute approximate surface area is 149 Å². The van der Waals surface area contributed by atoms with Crippen LogP contribution in [0.3, 0.4) is 0 Å². The maximum absolute atomic E-state index is 12.4. The second-order valence-corrected chi connectivity index (χ2v) is 5.86. The number of rotatable bonds is 11. The van der Waals surface area contributed by atoms with Crippen LogP contribution in [0.4, 0.5) is 0 Å². The van der Waals surface area contributed by atoms with E-state index in [2.05, 4.69) is 10.6 Å². The summed E-state index contributed by atoms with van der Waals surface area (Å²) in [5, 5.41) is 24.1. The second-order valence-electron chi connectivity index (χ2n) is 5.86. The maximum atomic E-state index is 12.4. The summed E-state index contributed by atoms with van der Waals surface area (Å²) < 4.78 is 0. The average Bonchev–Trinajstić information content (AvgIpc) is 2.54. The minimum absolute atomic E-state index is 0.416. The van der Waals surface area contributed by atoms with Gasteiger partial charge in [-0.15, -0.1) is 0 Å². The molecule has 0 aliphatic carbocycles. The molecule has 0 aliphatic rings. The molecule has 9 N–H and O–H groups in total. The molecule has 0 aliphatic heterocycles. The van der Waals surface area contributed by atoms with Gasteiger partial charge in [-0.1, -0.05) is 13.8 Å². The Balaban J connectivity index is 5.15. The van der Waals surface area contributed by atoms with Gasteiger partial charge in [0.05, 0.1) is 13.0 Å². The lowest BCUT2D eigenvalue weighted by atomic mass is 10.0. The summed E-state index contributed by atoms with van der Waals surface area (Å²) in [7, 11) is 0. The van der Waals surface area contributed by atoms with E-state index in [-0.39, 0.29) is 0 Å². The van der Waals surface area contributed by atoms with Crippen molar-refractivity contribution in [1.29, 1.82) is 0 Å². The zero-order valence-electron chi connectivity index (χ0n) is 14.5. The van der Waals surface area contributed by atoms with Gasteiger partial charge in [0.25, 0.3) is 0 Å². The van der Waals surface area contributed by atoms with Gasteiger partial charge in [0.15, 0.2) is 0 Å². The number of amides is 4. The van der Waals surface area contributed by atoms with Crippen LogP contribution in [-0.4, -0.2) is 71.1 Å². The van der Waals surface area contributed by atoms with Crippen molar-refractivity contribution in [2.24, 2.45) is 17.4 Å². The quantitative estimate of drug-likeness (QED) is 0.188. The van der Waals surface area contributed by atoms with Crippen molar-refractivity contribution in [2.45, 2.75) is 38.4 Å². The zero-order valence-corrected chi connectivity index (χ0v) is 14.5. The predicted octanol–water partition coefficient (Wildman–Crippen LogP) is -3.99. The topological polar surface area (TPSA) is 214 Å². The molecular formula is C14H25N5O7. The SMILES string of the molecule is CC(C)C(NC(=O)C(N)CO)C(=O)NC(CC(N)=O)C(=O)NCC(=O)O. The summed E-state index contributed by atoms with van der Waals surface area (Å²) in [6.45, 7) is 1.89. The van der Waals surface area contributed by atoms with E-state index in [0.29, 0.717) is 0 Å². The highest BCUT2D eigenvalue weighted by Crippen LogP contribution is 2.04. The first-order chi connectivity index (χ1) is 12.0. The van der Waals surface area contributed by atoms with Crippen LogP contribution in [0, 0.1) is 5.92 Å². The van der Waals surface area contributed by atoms with Gasteiger partial charge in [0, 0.05) is 0 Å². The Morgan fingerprint density at radius 1 is 1.00 bits per heavy atom. The molecule has 0 fully saturated rings. The Morgan fingerprint density at radius 3 is 2.00 bits per heavy atom. The molecular weight excluding hydrogens is 350 g/mol. The van der Waals surface area contributed by atoms with Crippen LogP contribution < -0.4 is 27.4 Å². The van der Waals surface area contributed by atoms with E-state index in [1.807, 2.05) is 5.32 Å². The lowest BCUT2D eigenvalue weighted by Crippen LogP contribution is -2.58. The molecule has 0 saturated heterocycles. The van der Waals surface area contributed by atoms with Crippen molar-refractivity contribution in [3.63, 3.8) is 0 Å². The van der Waals surface area contributed by atoms with E-state index in [0.717, 1.165) is 0 Å². The number of primary amides is 1. The lowest BCUT2D eigenvalue weighted by molar-refractivity contribution is -0.139. The van der Waals surface area contributed by atoms with Crippen LogP contribution >= 0.6 is 0 Å². The molecule has 0 saturated carbocycles. The molecule has 0 heterocycles. The van der Waals surface area contributed by atoms with Crippen LogP contribution in [-0.2, 0) is 24.0 Å². The third kappa shape index (κ3) is 8.39. The third-order valence-electron chi connectivity index (χ3n) is 3.23. The van der Waals surface area contributed by atoms with Gasteiger partial charge < -0.3 is 37.6 Å². The molecule has 3 unspecified atom stereocenters. The Hall–Kier alpha value is -2.73. The van der Waals surface area contributed by atoms with Gasteiger partial charge in [-0.25, -0.2) is 0 Å². The first-order valence-electron chi connectivity index (χ1n) is 7.74. The number of aliphatic hydroxyl groups excluding tert-OH is 1. The summed E-state index contributed by atoms with van der Waals surface area (Å²) in [6, 6.07) is -3.75. The fraction of sp³-hybridized carbons (Fsp3) is 0.643. The second kappa shape index (κ2) is 11.0. The average molecular weight is 375 g/mol. The van der Waals surface area contributed by atoms with Crippen LogP contribution in [0.25, 0.3) is 0 Å². The molecule has 12 nitrogen and oxygen atoms in total. The van der Waals surface area contributed by atoms with E-state index >= 15 is 0 Å². The zero-order chi connectivity index (χ0) is 20.4. The lowest BCUT2D eigenvalue weighted by Gasteiger charge is -2.25. The van der Waals surface area contributed by atoms with Gasteiger partial charge in [0.1, 0.15) is 24.7 Å². The van der Waals surface area contributed by atoms with Crippen LogP contribution in [0.15, 0.2) is 0 Å². The fourth-order valence-corrected chi connectivity index (χ4v) is 1.84. The highest BCUT2D eigenvalue weighted by Gasteiger charge is 2.30. The van der Waals surface area contributed by atoms with E-state index in [9.17, 15) is 24.0 Å². The number of carbonyl (C=O) groups is 5. The van der Waals surface area contributed by atoms with Gasteiger partial charge in [0.2, 0.25) is 23.6 Å². The predicted molar refractivity (Wildman–Crippen MR) is 88.2 cm³/mol. The van der Waals surface area contributed by atoms with Gasteiger partial charge in [-0.2, -0.15) is 0 Å². The molecule has 148 valence electrons. The fourth-order valence-electron chi connectivity index (χ4n) is 1.84. The van der Waals surface area contributed by atoms with Crippen molar-refractivity contribution >= 4 is 29.6 Å². The van der Waals surface area contributed by atoms with Crippen LogP contribution in [0.5, 0.6) is 0 Å². The number of carboxylic acids is 1. The summed E-state index contributed by atoms with van der Waals surface area (Å²) in [5.41, 5.74) is 10.4. The molecule has 26 heavy (non-hydrogen) atoms. The minimum atomic E-state index is -1.41. The van der Waals surface area contributed by atoms with Gasteiger partial charge in [-0.3, -0.25) is 24.0 Å². The normalized spacial score (nSPS) is 14.0. The molecule has 0 radical (unpaired) electrons. The standard InChI is InChI=1S/C14H25N5O7/c1-6(2)11(19-12(24)7(15)5-20)14(26)18-8(3-9(16)21)13(25)17-4-10(22)23/h6-8,11,20H,3-5,15H2,1-2H3,(H2,16,21)(H,17,25)(H,18,26)(H,19,24)(H,22,23). The Morgan fingerprint density at radius 2 is 1.58 bits per heavy atom. The summed E-state index contributed by atoms with van der Waals surface area (Å²) in [4.78, 5) is 57.7. The van der Waals surface area contributed by atoms with Crippen molar-refractivity contribution < 1.29 is 34.2 Å². The van der Waals surface area contributed by atoms with Gasteiger partial charge >= 0.3 is 5.97 Å². The van der Waals surface area contributed by atoms with Crippen molar-refractivity contribution in [3.8, 4) is 0 Å². The molecule has 0 aromatic heterocycles. The molecule has 4 amide bonds. The van der Waals surface area contributed by atoms with E-state index in [1.165, 1.54) is 0 Å². The van der Waals surface area contributed by atoms with Crippen molar-refractivity contribution in [3.05, 3.63) is 0 Å². The molecule has 0 aromatic rings. The summed E-state index contributed by atoms with van der Waals surface area (Å²) in [6.07, 6.45) is -0.563. The first kappa shape index (κ1) is 23.3. The maximum Gasteiger partial charge on any atom is 0.322 e. The van der Waals surface area contributed by atoms with Crippen molar-refractivity contribution in [2.75, 3.05) is 13.2 Å². The number of hydrogen-bond acceptors (Lipinski definition) is 7. The monoisotopic (exact) mass is 375 g/mol. The third-order valence-corrected chi connectivity index (χ3v) is 3.23. The number of nitrogens with two attached hydrogens (primary N) is 2. The number of aliphatic hydroxyl groups is 1.